The van der Waals surface area contributed by atoms with Crippen molar-refractivity contribution < 1.29 is 4.42 Å². The molecule has 1 N–H and O–H groups in total. The molecule has 2 aromatic heterocycles. The van der Waals surface area contributed by atoms with Crippen LogP contribution in [0.5, 0.6) is 0 Å². The number of fused-ring (bicyclic) bond motifs is 1. The smallest absolute Gasteiger partial charge is 0.276 e. The van der Waals surface area contributed by atoms with Crippen LogP contribution in [-0.4, -0.2) is 45.5 Å². The molecule has 1 fully saturated rings. The monoisotopic (exact) mass is 328 g/mol. The molecule has 1 aliphatic rings. The van der Waals surface area contributed by atoms with Crippen molar-refractivity contribution in [2.45, 2.75) is 24.5 Å². The lowest BCUT2D eigenvalue weighted by Crippen LogP contribution is -2.31. The van der Waals surface area contributed by atoms with Gasteiger partial charge in [0.25, 0.3) is 11.1 Å². The van der Waals surface area contributed by atoms with Crippen molar-refractivity contribution in [3.05, 3.63) is 30.5 Å². The Hall–Kier alpha value is -1.79. The Bertz CT molecular complexity index is 776. The van der Waals surface area contributed by atoms with Crippen molar-refractivity contribution in [1.82, 2.24) is 20.1 Å². The molecule has 3 aromatic rings. The number of hydrogen-bond donors (Lipinski definition) is 1. The number of piperidine rings is 1. The number of nitrogens with one attached hydrogen (secondary N) is 1. The summed E-state index contributed by atoms with van der Waals surface area (Å²) in [4.78, 5) is 5.76. The third-order valence-electron chi connectivity index (χ3n) is 4.31. The standard InChI is InChI=1S/C17H20N4OS/c1-4-8-21(9-5-1)10-11-23-17-20-19-16(22-17)14-12-18-15-7-3-2-6-13(14)15/h2-3,6-7,12,18H,1,4-5,8-11H2. The number of para-hydroxylation sites is 1. The zero-order chi connectivity index (χ0) is 15.5. The molecule has 0 radical (unpaired) electrons. The van der Waals surface area contributed by atoms with E-state index in [1.165, 1.54) is 32.4 Å². The molecule has 1 saturated heterocycles. The summed E-state index contributed by atoms with van der Waals surface area (Å²) < 4.78 is 5.83. The van der Waals surface area contributed by atoms with Gasteiger partial charge < -0.3 is 14.3 Å². The van der Waals surface area contributed by atoms with Gasteiger partial charge in [0.05, 0.1) is 5.56 Å². The summed E-state index contributed by atoms with van der Waals surface area (Å²) in [5.41, 5.74) is 2.05. The first-order valence-electron chi connectivity index (χ1n) is 8.15. The fourth-order valence-corrected chi connectivity index (χ4v) is 3.83. The van der Waals surface area contributed by atoms with Crippen molar-refractivity contribution in [2.24, 2.45) is 0 Å². The second-order valence-electron chi connectivity index (χ2n) is 5.87. The summed E-state index contributed by atoms with van der Waals surface area (Å²) in [5.74, 6) is 1.58. The Morgan fingerprint density at radius 1 is 1.13 bits per heavy atom. The molecule has 1 aromatic carbocycles. The van der Waals surface area contributed by atoms with E-state index in [0.29, 0.717) is 11.1 Å². The first-order chi connectivity index (χ1) is 11.4. The lowest BCUT2D eigenvalue weighted by atomic mass is 10.1. The van der Waals surface area contributed by atoms with Gasteiger partial charge >= 0.3 is 0 Å². The molecule has 3 heterocycles. The maximum Gasteiger partial charge on any atom is 0.276 e. The third-order valence-corrected chi connectivity index (χ3v) is 5.11. The molecule has 0 saturated carbocycles. The second kappa shape index (κ2) is 6.76. The fourth-order valence-electron chi connectivity index (χ4n) is 3.07. The van der Waals surface area contributed by atoms with E-state index in [0.717, 1.165) is 28.8 Å². The molecule has 0 spiro atoms. The first kappa shape index (κ1) is 14.8. The number of nitrogens with zero attached hydrogens (tertiary/aromatic N) is 3. The highest BCUT2D eigenvalue weighted by molar-refractivity contribution is 7.99. The van der Waals surface area contributed by atoms with Crippen LogP contribution in [0, 0.1) is 0 Å². The zero-order valence-electron chi connectivity index (χ0n) is 13.0. The largest absolute Gasteiger partial charge is 0.411 e. The van der Waals surface area contributed by atoms with E-state index in [4.69, 9.17) is 4.42 Å². The van der Waals surface area contributed by atoms with Gasteiger partial charge in [0, 0.05) is 29.4 Å². The molecule has 0 bridgehead atoms. The lowest BCUT2D eigenvalue weighted by Gasteiger charge is -2.25. The van der Waals surface area contributed by atoms with Crippen LogP contribution in [0.3, 0.4) is 0 Å². The number of rotatable bonds is 5. The summed E-state index contributed by atoms with van der Waals surface area (Å²) in [7, 11) is 0. The molecular formula is C17H20N4OS. The molecule has 5 nitrogen and oxygen atoms in total. The van der Waals surface area contributed by atoms with Crippen molar-refractivity contribution in [1.29, 1.82) is 0 Å². The number of aromatic nitrogens is 3. The Kier molecular flexibility index (Phi) is 4.35. The quantitative estimate of drug-likeness (QED) is 0.722. The third kappa shape index (κ3) is 3.28. The van der Waals surface area contributed by atoms with Gasteiger partial charge in [-0.2, -0.15) is 0 Å². The minimum absolute atomic E-state index is 0.586. The molecule has 23 heavy (non-hydrogen) atoms. The Morgan fingerprint density at radius 3 is 2.91 bits per heavy atom. The molecule has 0 amide bonds. The van der Waals surface area contributed by atoms with Gasteiger partial charge in [-0.15, -0.1) is 10.2 Å². The van der Waals surface area contributed by atoms with E-state index in [1.54, 1.807) is 11.8 Å². The Morgan fingerprint density at radius 2 is 2.00 bits per heavy atom. The van der Waals surface area contributed by atoms with Crippen molar-refractivity contribution in [3.63, 3.8) is 0 Å². The van der Waals surface area contributed by atoms with Crippen LogP contribution >= 0.6 is 11.8 Å². The number of benzene rings is 1. The van der Waals surface area contributed by atoms with Gasteiger partial charge in [-0.3, -0.25) is 0 Å². The summed E-state index contributed by atoms with van der Waals surface area (Å²) in [6, 6.07) is 8.14. The molecule has 0 unspecified atom stereocenters. The van der Waals surface area contributed by atoms with E-state index in [2.05, 4.69) is 26.1 Å². The average Bonchev–Trinajstić information content (AvgIpc) is 3.22. The highest BCUT2D eigenvalue weighted by atomic mass is 32.2. The van der Waals surface area contributed by atoms with E-state index in [9.17, 15) is 0 Å². The minimum atomic E-state index is 0.586. The number of H-pyrrole nitrogens is 1. The van der Waals surface area contributed by atoms with E-state index >= 15 is 0 Å². The zero-order valence-corrected chi connectivity index (χ0v) is 13.8. The summed E-state index contributed by atoms with van der Waals surface area (Å²) >= 11 is 1.65. The van der Waals surface area contributed by atoms with Crippen LogP contribution in [0.25, 0.3) is 22.4 Å². The maximum absolute atomic E-state index is 5.83. The average molecular weight is 328 g/mol. The van der Waals surface area contributed by atoms with Gasteiger partial charge in [0.1, 0.15) is 0 Å². The molecule has 1 aliphatic heterocycles. The van der Waals surface area contributed by atoms with E-state index in [1.807, 2.05) is 24.4 Å². The van der Waals surface area contributed by atoms with Gasteiger partial charge in [-0.1, -0.05) is 36.4 Å². The molecule has 0 atom stereocenters. The van der Waals surface area contributed by atoms with Crippen LogP contribution in [0.15, 0.2) is 40.1 Å². The normalized spacial score (nSPS) is 16.2. The van der Waals surface area contributed by atoms with Crippen molar-refractivity contribution in [2.75, 3.05) is 25.4 Å². The highest BCUT2D eigenvalue weighted by Gasteiger charge is 2.14. The van der Waals surface area contributed by atoms with Gasteiger partial charge in [-0.25, -0.2) is 0 Å². The first-order valence-corrected chi connectivity index (χ1v) is 9.14. The number of likely N-dealkylation sites (tertiary alicyclic amines) is 1. The fraction of sp³-hybridized carbons (Fsp3) is 0.412. The summed E-state index contributed by atoms with van der Waals surface area (Å²) in [6.45, 7) is 3.55. The molecule has 4 rings (SSSR count). The van der Waals surface area contributed by atoms with E-state index < -0.39 is 0 Å². The summed E-state index contributed by atoms with van der Waals surface area (Å²) in [6.07, 6.45) is 5.97. The summed E-state index contributed by atoms with van der Waals surface area (Å²) in [5, 5.41) is 10.1. The second-order valence-corrected chi connectivity index (χ2v) is 6.92. The Labute approximate surface area is 139 Å². The Balaban J connectivity index is 1.40. The van der Waals surface area contributed by atoms with Gasteiger partial charge in [-0.05, 0) is 32.0 Å². The van der Waals surface area contributed by atoms with Crippen LogP contribution < -0.4 is 0 Å². The van der Waals surface area contributed by atoms with Crippen LogP contribution in [-0.2, 0) is 0 Å². The maximum atomic E-state index is 5.83. The predicted molar refractivity (Wildman–Crippen MR) is 92.6 cm³/mol. The van der Waals surface area contributed by atoms with Crippen LogP contribution in [0.1, 0.15) is 19.3 Å². The van der Waals surface area contributed by atoms with Crippen LogP contribution in [0.4, 0.5) is 0 Å². The molecule has 6 heteroatoms. The number of aromatic amines is 1. The van der Waals surface area contributed by atoms with Crippen molar-refractivity contribution >= 4 is 22.7 Å². The molecular weight excluding hydrogens is 308 g/mol. The molecule has 120 valence electrons. The minimum Gasteiger partial charge on any atom is -0.411 e. The van der Waals surface area contributed by atoms with Gasteiger partial charge in [0.2, 0.25) is 0 Å². The van der Waals surface area contributed by atoms with E-state index in [-0.39, 0.29) is 0 Å². The topological polar surface area (TPSA) is 58.0 Å². The lowest BCUT2D eigenvalue weighted by molar-refractivity contribution is 0.242. The highest BCUT2D eigenvalue weighted by Crippen LogP contribution is 2.29. The SMILES string of the molecule is c1ccc2c(-c3nnc(SCCN4CCCCC4)o3)c[nH]c2c1. The van der Waals surface area contributed by atoms with Crippen molar-refractivity contribution in [3.8, 4) is 11.5 Å². The number of hydrogen-bond acceptors (Lipinski definition) is 5. The molecule has 0 aliphatic carbocycles. The number of thioether (sulfide) groups is 1. The van der Waals surface area contributed by atoms with Crippen LogP contribution in [0.2, 0.25) is 0 Å². The van der Waals surface area contributed by atoms with Gasteiger partial charge in [0.15, 0.2) is 0 Å². The predicted octanol–water partition coefficient (Wildman–Crippen LogP) is 3.80.